The molecule has 1 fully saturated rings. The van der Waals surface area contributed by atoms with Crippen LogP contribution in [0.5, 0.6) is 0 Å². The van der Waals surface area contributed by atoms with Gasteiger partial charge in [0.15, 0.2) is 0 Å². The Morgan fingerprint density at radius 3 is 2.75 bits per heavy atom. The number of hydrogen-bond acceptors (Lipinski definition) is 2. The lowest BCUT2D eigenvalue weighted by molar-refractivity contribution is -0.139. The van der Waals surface area contributed by atoms with E-state index in [0.29, 0.717) is 19.5 Å². The molecule has 0 spiro atoms. The van der Waals surface area contributed by atoms with Gasteiger partial charge in [0.1, 0.15) is 6.04 Å². The molecule has 1 aliphatic heterocycles. The summed E-state index contributed by atoms with van der Waals surface area (Å²) >= 11 is 0. The van der Waals surface area contributed by atoms with E-state index >= 15 is 0 Å². The van der Waals surface area contributed by atoms with Crippen molar-refractivity contribution in [1.82, 2.24) is 10.2 Å². The number of likely N-dealkylation sites (tertiary alicyclic amines) is 1. The predicted octanol–water partition coefficient (Wildman–Crippen LogP) is 2.09. The molecule has 1 atom stereocenters. The first-order chi connectivity index (χ1) is 9.68. The van der Waals surface area contributed by atoms with Crippen LogP contribution in [0, 0.1) is 0 Å². The highest BCUT2D eigenvalue weighted by Gasteiger charge is 2.26. The summed E-state index contributed by atoms with van der Waals surface area (Å²) in [5, 5.41) is 2.90. The van der Waals surface area contributed by atoms with Crippen molar-refractivity contribution in [3.05, 3.63) is 35.9 Å². The molecule has 2 amide bonds. The Hall–Kier alpha value is -1.84. The van der Waals surface area contributed by atoms with Crippen LogP contribution >= 0.6 is 0 Å². The van der Waals surface area contributed by atoms with Gasteiger partial charge in [0, 0.05) is 19.5 Å². The third-order valence-corrected chi connectivity index (χ3v) is 3.77. The number of carbonyl (C=O) groups excluding carboxylic acids is 2. The number of hydrogen-bond donors (Lipinski definition) is 1. The largest absolute Gasteiger partial charge is 0.350 e. The van der Waals surface area contributed by atoms with E-state index in [2.05, 4.69) is 5.32 Å². The van der Waals surface area contributed by atoms with Crippen LogP contribution in [0.3, 0.4) is 0 Å². The smallest absolute Gasteiger partial charge is 0.242 e. The average Bonchev–Trinajstić information content (AvgIpc) is 2.69. The molecule has 4 heteroatoms. The normalized spacial score (nSPS) is 17.4. The molecule has 1 aliphatic rings. The highest BCUT2D eigenvalue weighted by Crippen LogP contribution is 2.14. The van der Waals surface area contributed by atoms with Gasteiger partial charge in [-0.2, -0.15) is 0 Å². The Bertz CT molecular complexity index is 459. The first-order valence-corrected chi connectivity index (χ1v) is 7.29. The molecule has 108 valence electrons. The van der Waals surface area contributed by atoms with E-state index < -0.39 is 0 Å². The molecule has 1 heterocycles. The van der Waals surface area contributed by atoms with Crippen molar-refractivity contribution < 1.29 is 9.59 Å². The first kappa shape index (κ1) is 14.6. The monoisotopic (exact) mass is 274 g/mol. The fourth-order valence-corrected chi connectivity index (χ4v) is 2.49. The zero-order valence-electron chi connectivity index (χ0n) is 12.0. The Labute approximate surface area is 120 Å². The summed E-state index contributed by atoms with van der Waals surface area (Å²) in [7, 11) is 0. The van der Waals surface area contributed by atoms with Crippen molar-refractivity contribution in [1.29, 1.82) is 0 Å². The van der Waals surface area contributed by atoms with Crippen LogP contribution in [-0.4, -0.2) is 29.3 Å². The molecule has 0 radical (unpaired) electrons. The third-order valence-electron chi connectivity index (χ3n) is 3.77. The zero-order chi connectivity index (χ0) is 14.4. The molecular formula is C16H22N2O2. The summed E-state index contributed by atoms with van der Waals surface area (Å²) in [5.41, 5.74) is 1.07. The van der Waals surface area contributed by atoms with E-state index in [4.69, 9.17) is 0 Å². The van der Waals surface area contributed by atoms with Gasteiger partial charge in [-0.05, 0) is 25.3 Å². The Balaban J connectivity index is 1.89. The van der Waals surface area contributed by atoms with Crippen LogP contribution in [-0.2, 0) is 16.1 Å². The summed E-state index contributed by atoms with van der Waals surface area (Å²) in [6, 6.07) is 9.41. The Morgan fingerprint density at radius 1 is 1.25 bits per heavy atom. The van der Waals surface area contributed by atoms with E-state index in [1.54, 1.807) is 4.90 Å². The zero-order valence-corrected chi connectivity index (χ0v) is 12.0. The highest BCUT2D eigenvalue weighted by molar-refractivity contribution is 5.87. The lowest BCUT2D eigenvalue weighted by atomic mass is 10.2. The van der Waals surface area contributed by atoms with Gasteiger partial charge >= 0.3 is 0 Å². The second-order valence-electron chi connectivity index (χ2n) is 5.28. The maximum atomic E-state index is 12.2. The molecule has 1 saturated heterocycles. The molecule has 1 N–H and O–H groups in total. The molecule has 0 saturated carbocycles. The van der Waals surface area contributed by atoms with Crippen molar-refractivity contribution in [2.75, 3.05) is 6.54 Å². The summed E-state index contributed by atoms with van der Waals surface area (Å²) in [4.78, 5) is 25.9. The molecule has 20 heavy (non-hydrogen) atoms. The van der Waals surface area contributed by atoms with Crippen molar-refractivity contribution in [3.8, 4) is 0 Å². The molecule has 0 unspecified atom stereocenters. The Kier molecular flexibility index (Phi) is 5.16. The van der Waals surface area contributed by atoms with Gasteiger partial charge in [0.05, 0.1) is 0 Å². The lowest BCUT2D eigenvalue weighted by Crippen LogP contribution is -2.47. The minimum Gasteiger partial charge on any atom is -0.350 e. The van der Waals surface area contributed by atoms with Crippen molar-refractivity contribution in [2.24, 2.45) is 0 Å². The van der Waals surface area contributed by atoms with E-state index in [1.165, 1.54) is 0 Å². The molecule has 0 aromatic heterocycles. The standard InChI is InChI=1S/C16H22N2O2/c1-13(18-11-7-3-6-10-15(18)19)16(20)17-12-14-8-4-2-5-9-14/h2,4-5,8-9,13H,3,6-7,10-12H2,1H3,(H,17,20)/t13-/m0/s1. The van der Waals surface area contributed by atoms with E-state index in [-0.39, 0.29) is 17.9 Å². The van der Waals surface area contributed by atoms with Crippen LogP contribution in [0.15, 0.2) is 30.3 Å². The van der Waals surface area contributed by atoms with Crippen molar-refractivity contribution in [3.63, 3.8) is 0 Å². The lowest BCUT2D eigenvalue weighted by Gasteiger charge is -2.27. The van der Waals surface area contributed by atoms with Crippen LogP contribution in [0.2, 0.25) is 0 Å². The van der Waals surface area contributed by atoms with Crippen LogP contribution < -0.4 is 5.32 Å². The van der Waals surface area contributed by atoms with Gasteiger partial charge in [0.2, 0.25) is 11.8 Å². The topological polar surface area (TPSA) is 49.4 Å². The summed E-state index contributed by atoms with van der Waals surface area (Å²) in [6.07, 6.45) is 3.56. The molecule has 1 aromatic rings. The Morgan fingerprint density at radius 2 is 2.00 bits per heavy atom. The van der Waals surface area contributed by atoms with Gasteiger partial charge in [-0.15, -0.1) is 0 Å². The molecular weight excluding hydrogens is 252 g/mol. The average molecular weight is 274 g/mol. The predicted molar refractivity (Wildman–Crippen MR) is 77.9 cm³/mol. The van der Waals surface area contributed by atoms with Gasteiger partial charge in [-0.1, -0.05) is 36.8 Å². The fourth-order valence-electron chi connectivity index (χ4n) is 2.49. The minimum atomic E-state index is -0.385. The second kappa shape index (κ2) is 7.08. The summed E-state index contributed by atoms with van der Waals surface area (Å²) in [6.45, 7) is 3.01. The summed E-state index contributed by atoms with van der Waals surface area (Å²) < 4.78 is 0. The van der Waals surface area contributed by atoms with Gasteiger partial charge in [-0.3, -0.25) is 9.59 Å². The molecule has 1 aromatic carbocycles. The first-order valence-electron chi connectivity index (χ1n) is 7.29. The maximum absolute atomic E-state index is 12.2. The van der Waals surface area contributed by atoms with E-state index in [1.807, 2.05) is 37.3 Å². The van der Waals surface area contributed by atoms with E-state index in [9.17, 15) is 9.59 Å². The molecule has 0 aliphatic carbocycles. The van der Waals surface area contributed by atoms with Gasteiger partial charge < -0.3 is 10.2 Å². The number of rotatable bonds is 4. The number of amides is 2. The second-order valence-corrected chi connectivity index (χ2v) is 5.28. The van der Waals surface area contributed by atoms with E-state index in [0.717, 1.165) is 24.8 Å². The molecule has 2 rings (SSSR count). The summed E-state index contributed by atoms with van der Waals surface area (Å²) in [5.74, 6) is 0.0222. The van der Waals surface area contributed by atoms with Gasteiger partial charge in [0.25, 0.3) is 0 Å². The molecule has 4 nitrogen and oxygen atoms in total. The molecule has 0 bridgehead atoms. The third kappa shape index (κ3) is 3.83. The SMILES string of the molecule is C[C@@H](C(=O)NCc1ccccc1)N1CCCCCC1=O. The number of nitrogens with zero attached hydrogens (tertiary/aromatic N) is 1. The number of benzene rings is 1. The number of nitrogens with one attached hydrogen (secondary N) is 1. The van der Waals surface area contributed by atoms with Crippen LogP contribution in [0.1, 0.15) is 38.2 Å². The minimum absolute atomic E-state index is 0.0795. The van der Waals surface area contributed by atoms with Gasteiger partial charge in [-0.25, -0.2) is 0 Å². The van der Waals surface area contributed by atoms with Crippen LogP contribution in [0.25, 0.3) is 0 Å². The van der Waals surface area contributed by atoms with Crippen molar-refractivity contribution >= 4 is 11.8 Å². The van der Waals surface area contributed by atoms with Crippen molar-refractivity contribution in [2.45, 2.75) is 45.2 Å². The van der Waals surface area contributed by atoms with Crippen LogP contribution in [0.4, 0.5) is 0 Å². The fraction of sp³-hybridized carbons (Fsp3) is 0.500. The maximum Gasteiger partial charge on any atom is 0.242 e. The highest BCUT2D eigenvalue weighted by atomic mass is 16.2. The quantitative estimate of drug-likeness (QED) is 0.914. The number of carbonyl (C=O) groups is 2.